The third-order valence-corrected chi connectivity index (χ3v) is 10.0. The van der Waals surface area contributed by atoms with Crippen LogP contribution in [0.1, 0.15) is 0 Å². The Morgan fingerprint density at radius 1 is 0.395 bits per heavy atom. The molecular weight excluding hydrogens is 545 g/mol. The number of rotatable bonds is 2. The van der Waals surface area contributed by atoms with E-state index in [1.165, 1.54) is 52.8 Å². The number of furan rings is 2. The van der Waals surface area contributed by atoms with Gasteiger partial charge in [-0.05, 0) is 63.0 Å². The highest BCUT2D eigenvalue weighted by atomic mass is 32.1. The molecule has 0 bridgehead atoms. The number of hydrogen-bond donors (Lipinski definition) is 0. The number of hydrogen-bond acceptors (Lipinski definition) is 3. The highest BCUT2D eigenvalue weighted by Crippen LogP contribution is 2.48. The van der Waals surface area contributed by atoms with E-state index in [0.717, 1.165) is 44.2 Å². The zero-order chi connectivity index (χ0) is 28.1. The van der Waals surface area contributed by atoms with Gasteiger partial charge in [0.2, 0.25) is 0 Å². The smallest absolute Gasteiger partial charge is 0.139 e. The number of para-hydroxylation sites is 1. The lowest BCUT2D eigenvalue weighted by Gasteiger charge is -2.17. The molecule has 0 fully saturated rings. The molecule has 43 heavy (non-hydrogen) atoms. The van der Waals surface area contributed by atoms with Gasteiger partial charge < -0.3 is 8.83 Å². The highest BCUT2D eigenvalue weighted by molar-refractivity contribution is 7.25. The molecule has 0 atom stereocenters. The molecule has 3 heteroatoms. The fourth-order valence-corrected chi connectivity index (χ4v) is 8.18. The predicted octanol–water partition coefficient (Wildman–Crippen LogP) is 12.3. The average Bonchev–Trinajstić information content (AvgIpc) is 3.75. The maximum Gasteiger partial charge on any atom is 0.139 e. The number of benzene rings is 7. The van der Waals surface area contributed by atoms with E-state index in [-0.39, 0.29) is 0 Å². The lowest BCUT2D eigenvalue weighted by molar-refractivity contribution is 0.629. The van der Waals surface area contributed by atoms with Crippen LogP contribution in [0, 0.1) is 0 Å². The van der Waals surface area contributed by atoms with E-state index in [9.17, 15) is 0 Å². The van der Waals surface area contributed by atoms with Crippen LogP contribution in [0.5, 0.6) is 0 Å². The molecule has 0 unspecified atom stereocenters. The second-order valence-electron chi connectivity index (χ2n) is 11.2. The van der Waals surface area contributed by atoms with Gasteiger partial charge in [0.25, 0.3) is 0 Å². The SMILES string of the molecule is c1ccc2c(c1)oc1cc3oc(-c4c5ccccc5c(-c5cccc6sc7ccccc7c56)c5ccccc45)cc3cc12. The van der Waals surface area contributed by atoms with Crippen LogP contribution in [0.25, 0.3) is 97.1 Å². The minimum atomic E-state index is 0.827. The third kappa shape index (κ3) is 3.23. The van der Waals surface area contributed by atoms with Gasteiger partial charge in [-0.15, -0.1) is 11.3 Å². The molecule has 3 aromatic heterocycles. The summed E-state index contributed by atoms with van der Waals surface area (Å²) in [5.74, 6) is 0.866. The first kappa shape index (κ1) is 23.2. The lowest BCUT2D eigenvalue weighted by Crippen LogP contribution is -1.90. The molecule has 2 nitrogen and oxygen atoms in total. The van der Waals surface area contributed by atoms with E-state index in [2.05, 4.69) is 115 Å². The summed E-state index contributed by atoms with van der Waals surface area (Å²) in [5.41, 5.74) is 6.22. The Balaban J connectivity index is 1.30. The van der Waals surface area contributed by atoms with Crippen LogP contribution in [0.15, 0.2) is 142 Å². The van der Waals surface area contributed by atoms with Gasteiger partial charge in [0.15, 0.2) is 0 Å². The first-order valence-corrected chi connectivity index (χ1v) is 15.3. The van der Waals surface area contributed by atoms with Gasteiger partial charge in [-0.25, -0.2) is 0 Å². The Morgan fingerprint density at radius 2 is 1.02 bits per heavy atom. The van der Waals surface area contributed by atoms with Gasteiger partial charge in [0, 0.05) is 48.0 Å². The van der Waals surface area contributed by atoms with Crippen LogP contribution < -0.4 is 0 Å². The van der Waals surface area contributed by atoms with Gasteiger partial charge in [0.1, 0.15) is 22.5 Å². The monoisotopic (exact) mass is 566 g/mol. The van der Waals surface area contributed by atoms with Gasteiger partial charge >= 0.3 is 0 Å². The van der Waals surface area contributed by atoms with Crippen molar-refractivity contribution < 1.29 is 8.83 Å². The molecule has 0 saturated carbocycles. The van der Waals surface area contributed by atoms with E-state index in [1.54, 1.807) is 0 Å². The molecule has 3 heterocycles. The van der Waals surface area contributed by atoms with Crippen molar-refractivity contribution in [1.29, 1.82) is 0 Å². The van der Waals surface area contributed by atoms with Crippen LogP contribution in [0.3, 0.4) is 0 Å². The summed E-state index contributed by atoms with van der Waals surface area (Å²) >= 11 is 1.86. The average molecular weight is 567 g/mol. The van der Waals surface area contributed by atoms with E-state index < -0.39 is 0 Å². The van der Waals surface area contributed by atoms with Crippen molar-refractivity contribution in [3.05, 3.63) is 133 Å². The number of fused-ring (bicyclic) bond motifs is 9. The van der Waals surface area contributed by atoms with E-state index in [4.69, 9.17) is 8.83 Å². The molecule has 0 aliphatic rings. The summed E-state index contributed by atoms with van der Waals surface area (Å²) in [4.78, 5) is 0. The van der Waals surface area contributed by atoms with Crippen LogP contribution in [0.4, 0.5) is 0 Å². The summed E-state index contributed by atoms with van der Waals surface area (Å²) in [6, 6.07) is 47.7. The summed E-state index contributed by atoms with van der Waals surface area (Å²) in [6.07, 6.45) is 0. The largest absolute Gasteiger partial charge is 0.456 e. The Morgan fingerprint density at radius 3 is 1.79 bits per heavy atom. The molecule has 0 amide bonds. The fraction of sp³-hybridized carbons (Fsp3) is 0. The van der Waals surface area contributed by atoms with Crippen molar-refractivity contribution in [1.82, 2.24) is 0 Å². The molecule has 200 valence electrons. The van der Waals surface area contributed by atoms with Crippen molar-refractivity contribution in [3.63, 3.8) is 0 Å². The quantitative estimate of drug-likeness (QED) is 0.195. The standard InChI is InChI=1S/C40H22O2S/c1-3-13-27-25(11-1)38(30-16-9-19-37-40(30)29-15-6-8-18-36(29)43-37)26-12-2-4-14-28(26)39(27)35-21-23-20-31-24-10-5-7-17-32(24)41-34(31)22-33(23)42-35/h1-22H. The zero-order valence-electron chi connectivity index (χ0n) is 22.9. The molecule has 7 aromatic carbocycles. The molecule has 0 N–H and O–H groups in total. The van der Waals surface area contributed by atoms with E-state index in [0.29, 0.717) is 0 Å². The van der Waals surface area contributed by atoms with E-state index >= 15 is 0 Å². The Bertz CT molecular complexity index is 2680. The van der Waals surface area contributed by atoms with Crippen molar-refractivity contribution in [2.75, 3.05) is 0 Å². The molecule has 0 aliphatic heterocycles. The van der Waals surface area contributed by atoms with Crippen molar-refractivity contribution in [2.45, 2.75) is 0 Å². The number of thiophene rings is 1. The van der Waals surface area contributed by atoms with Crippen LogP contribution >= 0.6 is 11.3 Å². The summed E-state index contributed by atoms with van der Waals surface area (Å²) in [7, 11) is 0. The summed E-state index contributed by atoms with van der Waals surface area (Å²) in [5, 5.41) is 10.7. The van der Waals surface area contributed by atoms with Gasteiger partial charge in [-0.1, -0.05) is 97.1 Å². The molecule has 10 aromatic rings. The van der Waals surface area contributed by atoms with Crippen molar-refractivity contribution >= 4 is 86.0 Å². The Hall–Kier alpha value is -5.38. The van der Waals surface area contributed by atoms with Gasteiger partial charge in [-0.2, -0.15) is 0 Å². The fourth-order valence-electron chi connectivity index (χ4n) is 7.05. The maximum absolute atomic E-state index is 6.68. The van der Waals surface area contributed by atoms with Crippen LogP contribution in [-0.2, 0) is 0 Å². The topological polar surface area (TPSA) is 26.3 Å². The van der Waals surface area contributed by atoms with E-state index in [1.807, 2.05) is 29.5 Å². The molecule has 0 saturated heterocycles. The highest BCUT2D eigenvalue weighted by Gasteiger charge is 2.21. The van der Waals surface area contributed by atoms with Gasteiger partial charge in [-0.3, -0.25) is 0 Å². The molecule has 10 rings (SSSR count). The Labute approximate surface area is 250 Å². The third-order valence-electron chi connectivity index (χ3n) is 8.87. The van der Waals surface area contributed by atoms with Crippen molar-refractivity contribution in [2.24, 2.45) is 0 Å². The first-order chi connectivity index (χ1) is 21.3. The summed E-state index contributed by atoms with van der Waals surface area (Å²) < 4.78 is 15.5. The second kappa shape index (κ2) is 8.57. The van der Waals surface area contributed by atoms with Crippen molar-refractivity contribution in [3.8, 4) is 22.5 Å². The van der Waals surface area contributed by atoms with Gasteiger partial charge in [0.05, 0.1) is 0 Å². The van der Waals surface area contributed by atoms with Crippen LogP contribution in [0.2, 0.25) is 0 Å². The second-order valence-corrected chi connectivity index (χ2v) is 12.3. The molecule has 0 aliphatic carbocycles. The normalized spacial score (nSPS) is 12.2. The Kier molecular flexibility index (Phi) is 4.63. The minimum Gasteiger partial charge on any atom is -0.456 e. The molecular formula is C40H22O2S. The first-order valence-electron chi connectivity index (χ1n) is 14.5. The lowest BCUT2D eigenvalue weighted by atomic mass is 9.86. The zero-order valence-corrected chi connectivity index (χ0v) is 23.7. The minimum absolute atomic E-state index is 0.827. The molecule has 0 radical (unpaired) electrons. The summed E-state index contributed by atoms with van der Waals surface area (Å²) in [6.45, 7) is 0. The van der Waals surface area contributed by atoms with Crippen LogP contribution in [-0.4, -0.2) is 0 Å². The molecule has 0 spiro atoms. The predicted molar refractivity (Wildman–Crippen MR) is 182 cm³/mol. The maximum atomic E-state index is 6.68.